The number of fused-ring (bicyclic) bond motifs is 2. The lowest BCUT2D eigenvalue weighted by molar-refractivity contribution is -0.157. The minimum absolute atomic E-state index is 0.00210. The lowest BCUT2D eigenvalue weighted by Crippen LogP contribution is -2.41. The summed E-state index contributed by atoms with van der Waals surface area (Å²) in [6, 6.07) is 19.7. The number of aryl methyl sites for hydroxylation is 2. The molecular weight excluding hydrogens is 1920 g/mol. The molecule has 0 bridgehead atoms. The van der Waals surface area contributed by atoms with Crippen LogP contribution in [0.4, 0.5) is 29.2 Å². The number of nitrogens with one attached hydrogen (secondary N) is 2. The summed E-state index contributed by atoms with van der Waals surface area (Å²) in [5.41, 5.74) is -6.17. The van der Waals surface area contributed by atoms with E-state index in [9.17, 15) is 94.9 Å². The van der Waals surface area contributed by atoms with Crippen molar-refractivity contribution >= 4 is 148 Å². The van der Waals surface area contributed by atoms with Crippen LogP contribution >= 0.6 is 90.4 Å². The van der Waals surface area contributed by atoms with Crippen molar-refractivity contribution in [2.75, 3.05) is 24.7 Å². The molecule has 6 aromatic heterocycles. The summed E-state index contributed by atoms with van der Waals surface area (Å²) in [5.74, 6) is -7.72. The number of aromatic nitrogens is 10. The first-order valence-electron chi connectivity index (χ1n) is 33.5. The minimum atomic E-state index is -1.31. The Morgan fingerprint density at radius 1 is 0.432 bits per heavy atom. The van der Waals surface area contributed by atoms with E-state index in [0.717, 1.165) is 59.0 Å². The Balaban J connectivity index is 0.000000161. The Hall–Kier alpha value is -10.1. The number of carboxylic acids is 2. The van der Waals surface area contributed by atoms with Crippen molar-refractivity contribution in [3.05, 3.63) is 238 Å². The normalized spacial score (nSPS) is 13.4. The van der Waals surface area contributed by atoms with Gasteiger partial charge in [-0.2, -0.15) is 0 Å². The van der Waals surface area contributed by atoms with Crippen molar-refractivity contribution in [3.8, 4) is 34.2 Å². The average Bonchev–Trinajstić information content (AvgIpc) is 1.37. The van der Waals surface area contributed by atoms with E-state index in [4.69, 9.17) is 10.2 Å². The van der Waals surface area contributed by atoms with Gasteiger partial charge in [-0.05, 0) is 235 Å². The number of aliphatic carboxylic acids is 2. The van der Waals surface area contributed by atoms with Gasteiger partial charge in [0.15, 0.2) is 5.92 Å². The predicted molar refractivity (Wildman–Crippen MR) is 433 cm³/mol. The quantitative estimate of drug-likeness (QED) is 0.0292. The topological polar surface area (TPSA) is 402 Å². The highest BCUT2D eigenvalue weighted by atomic mass is 127. The molecule has 586 valence electrons. The molecule has 6 heterocycles. The third kappa shape index (κ3) is 18.1. The SMILES string of the molecule is CC(=O)OC(C)=O.CC(C(=O)O)C(=O)O.CNc1cc(=O)n(-c2ccc(I)cc2F)c(=O)n1C1CC1.CNc1cc(=O)n(C2CC2)c(=O)n1-c1ccc(I)cc1F.Cc1c(O)c2c(=O)n(-c3ccc(I)cc3F)c(=O)n(C3CC3)c2n(C)c1=O.Cc1c(O)c2c(=O)n(C3CC3)c(=O)n(-c3ccc(I)cc3F)c2n(C)c1=O. The lowest BCUT2D eigenvalue weighted by Gasteiger charge is -2.18. The number of rotatable bonds is 12. The molecule has 0 atom stereocenters. The monoisotopic (exact) mass is 1990 g/mol. The maximum absolute atomic E-state index is 14.7. The van der Waals surface area contributed by atoms with E-state index in [-0.39, 0.29) is 91.5 Å². The van der Waals surface area contributed by atoms with Crippen LogP contribution in [-0.2, 0) is 38.0 Å². The largest absolute Gasteiger partial charge is 0.506 e. The highest BCUT2D eigenvalue weighted by Gasteiger charge is 2.36. The Morgan fingerprint density at radius 2 is 0.757 bits per heavy atom. The second-order valence-corrected chi connectivity index (χ2v) is 30.6. The molecule has 0 spiro atoms. The highest BCUT2D eigenvalue weighted by Crippen LogP contribution is 2.38. The lowest BCUT2D eigenvalue weighted by atomic mass is 10.2. The van der Waals surface area contributed by atoms with E-state index in [1.165, 1.54) is 119 Å². The van der Waals surface area contributed by atoms with Gasteiger partial charge in [-0.25, -0.2) is 55.0 Å². The van der Waals surface area contributed by atoms with E-state index < -0.39 is 115 Å². The van der Waals surface area contributed by atoms with Gasteiger partial charge >= 0.3 is 46.6 Å². The Labute approximate surface area is 676 Å². The van der Waals surface area contributed by atoms with Gasteiger partial charge in [0.05, 0.1) is 33.9 Å². The molecule has 4 aromatic carbocycles. The van der Waals surface area contributed by atoms with Gasteiger partial charge in [-0.3, -0.25) is 75.3 Å². The molecule has 39 heteroatoms. The van der Waals surface area contributed by atoms with Gasteiger partial charge < -0.3 is 35.8 Å². The summed E-state index contributed by atoms with van der Waals surface area (Å²) in [6.45, 7) is 6.28. The van der Waals surface area contributed by atoms with E-state index >= 15 is 0 Å². The summed E-state index contributed by atoms with van der Waals surface area (Å²) in [6.07, 6.45) is 6.11. The number of nitrogens with zero attached hydrogens (tertiary/aromatic N) is 10. The van der Waals surface area contributed by atoms with Crippen LogP contribution in [0, 0.1) is 57.3 Å². The number of benzene rings is 4. The number of carbonyl (C=O) groups is 4. The third-order valence-corrected chi connectivity index (χ3v) is 20.4. The van der Waals surface area contributed by atoms with Crippen LogP contribution in [0.1, 0.15) is 107 Å². The highest BCUT2D eigenvalue weighted by molar-refractivity contribution is 14.1. The molecule has 111 heavy (non-hydrogen) atoms. The maximum Gasteiger partial charge on any atom is 0.337 e. The zero-order valence-corrected chi connectivity index (χ0v) is 68.7. The van der Waals surface area contributed by atoms with Crippen LogP contribution in [0.2, 0.25) is 0 Å². The van der Waals surface area contributed by atoms with Gasteiger partial charge in [0.2, 0.25) is 0 Å². The number of hydrogen-bond acceptors (Lipinski definition) is 19. The molecule has 4 aliphatic rings. The molecule has 0 aliphatic heterocycles. The predicted octanol–water partition coefficient (Wildman–Crippen LogP) is 8.01. The minimum Gasteiger partial charge on any atom is -0.506 e. The molecule has 6 N–H and O–H groups in total. The number of anilines is 2. The molecule has 0 unspecified atom stereocenters. The van der Waals surface area contributed by atoms with Gasteiger partial charge in [-0.15, -0.1) is 0 Å². The van der Waals surface area contributed by atoms with Crippen LogP contribution in [0.3, 0.4) is 0 Å². The van der Waals surface area contributed by atoms with E-state index in [0.29, 0.717) is 42.2 Å². The molecule has 31 nitrogen and oxygen atoms in total. The van der Waals surface area contributed by atoms with E-state index in [1.54, 1.807) is 44.4 Å². The Kier molecular flexibility index (Phi) is 26.5. The summed E-state index contributed by atoms with van der Waals surface area (Å²) in [5, 5.41) is 42.3. The van der Waals surface area contributed by atoms with Gasteiger partial charge in [-0.1, -0.05) is 0 Å². The number of carboxylic acid groups (broad SMARTS) is 2. The van der Waals surface area contributed by atoms with Gasteiger partial charge in [0.25, 0.3) is 33.4 Å². The number of aromatic hydroxyl groups is 2. The van der Waals surface area contributed by atoms with E-state index in [1.807, 2.05) is 90.4 Å². The maximum atomic E-state index is 14.7. The molecule has 14 rings (SSSR count). The van der Waals surface area contributed by atoms with Crippen molar-refractivity contribution in [2.24, 2.45) is 20.0 Å². The first-order valence-corrected chi connectivity index (χ1v) is 37.8. The molecule has 10 aromatic rings. The molecule has 0 saturated heterocycles. The van der Waals surface area contributed by atoms with Crippen molar-refractivity contribution < 1.29 is 61.9 Å². The fourth-order valence-corrected chi connectivity index (χ4v) is 13.4. The van der Waals surface area contributed by atoms with Crippen LogP contribution in [-0.4, -0.2) is 104 Å². The van der Waals surface area contributed by atoms with Crippen LogP contribution in [0.15, 0.2) is 133 Å². The Bertz CT molecular complexity index is 6120. The van der Waals surface area contributed by atoms with Crippen LogP contribution in [0.25, 0.3) is 44.8 Å². The fourth-order valence-electron chi connectivity index (χ4n) is 11.6. The average molecular weight is 1990 g/mol. The number of pyridine rings is 2. The van der Waals surface area contributed by atoms with Crippen molar-refractivity contribution in [1.29, 1.82) is 0 Å². The molecular formula is C72H68F4I4N12O19. The van der Waals surface area contributed by atoms with Crippen molar-refractivity contribution in [2.45, 2.75) is 110 Å². The first kappa shape index (κ1) is 85.0. The standard InChI is InChI=1S/2C18H15FIN3O4.2C14H13FIN3O2.C4H6O4.C4H6O3/c1-8-14(24)13-15(21(2)16(8)25)23(12-6-3-9(20)7-11(12)19)18(27)22(17(13)26)10-4-5-10;1-8-14(24)13-15(21(2)16(8)25)22(10-4-5-10)18(27)23(17(13)26)12-6-3-9(20)7-11(12)19;1-17-12-7-13(20)18(9-3-4-9)14(21)19(12)11-5-2-8(16)6-10(11)15;1-17-12-7-13(20)19(14(21)18(12)9-3-4-9)11-5-2-8(16)6-10(11)15;1-2(3(5)6)4(7)8;1-3(5)7-4(2)6/h2*3,6-7,10,24H,4-5H2,1-2H3;2*2,5-7,9,17H,3-4H2,1H3;2H,1H3,(H,5,6)(H,7,8);1-2H3. The third-order valence-electron chi connectivity index (χ3n) is 17.7. The number of ether oxygens (including phenoxy) is 1. The van der Waals surface area contributed by atoms with E-state index in [2.05, 4.69) is 15.4 Å². The van der Waals surface area contributed by atoms with Crippen LogP contribution in [0.5, 0.6) is 11.5 Å². The van der Waals surface area contributed by atoms with Crippen LogP contribution < -0.4 is 66.7 Å². The van der Waals surface area contributed by atoms with Gasteiger partial charge in [0.1, 0.15) is 68.5 Å². The summed E-state index contributed by atoms with van der Waals surface area (Å²) in [7, 11) is 6.09. The number of esters is 2. The smallest absolute Gasteiger partial charge is 0.337 e. The fraction of sp³-hybridized carbons (Fsp3) is 0.306. The number of hydrogen-bond donors (Lipinski definition) is 6. The number of halogens is 8. The Morgan fingerprint density at radius 3 is 1.13 bits per heavy atom. The second-order valence-electron chi connectivity index (χ2n) is 25.7. The molecule has 0 amide bonds. The van der Waals surface area contributed by atoms with Crippen molar-refractivity contribution in [3.63, 3.8) is 0 Å². The molecule has 0 radical (unpaired) electrons. The summed E-state index contributed by atoms with van der Waals surface area (Å²) < 4.78 is 75.4. The first-order chi connectivity index (χ1) is 52.2. The zero-order valence-electron chi connectivity index (χ0n) is 60.0. The van der Waals surface area contributed by atoms with Crippen molar-refractivity contribution in [1.82, 2.24) is 45.7 Å². The summed E-state index contributed by atoms with van der Waals surface area (Å²) in [4.78, 5) is 166. The molecule has 4 saturated carbocycles. The summed E-state index contributed by atoms with van der Waals surface area (Å²) >= 11 is 7.85. The van der Waals surface area contributed by atoms with Gasteiger partial charge in [0, 0.05) is 92.6 Å². The molecule has 4 aliphatic carbocycles. The zero-order chi connectivity index (χ0) is 82.1. The number of carbonyl (C=O) groups excluding carboxylic acids is 2. The molecule has 4 fully saturated rings. The second kappa shape index (κ2) is 34.7.